The van der Waals surface area contributed by atoms with Crippen molar-refractivity contribution in [2.75, 3.05) is 13.7 Å². The molecule has 0 aliphatic carbocycles. The summed E-state index contributed by atoms with van der Waals surface area (Å²) in [7, 11) is 1.64. The first-order chi connectivity index (χ1) is 11.7. The SMILES string of the molecule is COc1ccc(CCC(=O)NCCc2ccc3ocnc3c2)cc1. The van der Waals surface area contributed by atoms with Crippen LogP contribution in [0.15, 0.2) is 53.3 Å². The van der Waals surface area contributed by atoms with Gasteiger partial charge in [-0.05, 0) is 48.2 Å². The highest BCUT2D eigenvalue weighted by Crippen LogP contribution is 2.14. The van der Waals surface area contributed by atoms with Gasteiger partial charge in [0.2, 0.25) is 5.91 Å². The van der Waals surface area contributed by atoms with Crippen molar-refractivity contribution in [3.05, 3.63) is 60.0 Å². The standard InChI is InChI=1S/C19H20N2O3/c1-23-16-6-2-14(3-7-16)5-9-19(22)20-11-10-15-4-8-18-17(12-15)21-13-24-18/h2-4,6-8,12-13H,5,9-11H2,1H3,(H,20,22). The van der Waals surface area contributed by atoms with E-state index in [0.717, 1.165) is 40.8 Å². The van der Waals surface area contributed by atoms with Gasteiger partial charge in [-0.15, -0.1) is 0 Å². The molecule has 2 aromatic carbocycles. The second kappa shape index (κ2) is 7.64. The minimum Gasteiger partial charge on any atom is -0.497 e. The van der Waals surface area contributed by atoms with E-state index in [-0.39, 0.29) is 5.91 Å². The molecular formula is C19H20N2O3. The van der Waals surface area contributed by atoms with E-state index in [0.29, 0.717) is 13.0 Å². The van der Waals surface area contributed by atoms with Gasteiger partial charge < -0.3 is 14.5 Å². The Morgan fingerprint density at radius 3 is 2.71 bits per heavy atom. The third kappa shape index (κ3) is 4.13. The van der Waals surface area contributed by atoms with Gasteiger partial charge in [-0.3, -0.25) is 4.79 Å². The molecule has 0 radical (unpaired) electrons. The second-order valence-corrected chi connectivity index (χ2v) is 5.60. The Balaban J connectivity index is 1.41. The van der Waals surface area contributed by atoms with Crippen LogP contribution in [0, 0.1) is 0 Å². The number of aromatic nitrogens is 1. The van der Waals surface area contributed by atoms with Crippen molar-refractivity contribution in [2.45, 2.75) is 19.3 Å². The molecule has 5 heteroatoms. The Morgan fingerprint density at radius 2 is 1.92 bits per heavy atom. The van der Waals surface area contributed by atoms with Gasteiger partial charge in [-0.2, -0.15) is 0 Å². The molecule has 1 amide bonds. The third-order valence-corrected chi connectivity index (χ3v) is 3.93. The Morgan fingerprint density at radius 1 is 1.12 bits per heavy atom. The van der Waals surface area contributed by atoms with E-state index in [9.17, 15) is 4.79 Å². The number of oxazole rings is 1. The zero-order valence-corrected chi connectivity index (χ0v) is 13.6. The first kappa shape index (κ1) is 16.1. The van der Waals surface area contributed by atoms with Crippen LogP contribution in [-0.2, 0) is 17.6 Å². The lowest BCUT2D eigenvalue weighted by molar-refractivity contribution is -0.121. The van der Waals surface area contributed by atoms with Gasteiger partial charge in [0.15, 0.2) is 12.0 Å². The maximum absolute atomic E-state index is 11.9. The first-order valence-electron chi connectivity index (χ1n) is 7.96. The Labute approximate surface area is 140 Å². The number of amides is 1. The van der Waals surface area contributed by atoms with Crippen LogP contribution in [-0.4, -0.2) is 24.5 Å². The van der Waals surface area contributed by atoms with Crippen molar-refractivity contribution in [1.29, 1.82) is 0 Å². The molecule has 0 saturated heterocycles. The van der Waals surface area contributed by atoms with Crippen molar-refractivity contribution >= 4 is 17.0 Å². The summed E-state index contributed by atoms with van der Waals surface area (Å²) in [6.07, 6.45) is 3.42. The van der Waals surface area contributed by atoms with E-state index in [2.05, 4.69) is 10.3 Å². The number of hydrogen-bond acceptors (Lipinski definition) is 4. The van der Waals surface area contributed by atoms with E-state index in [1.807, 2.05) is 42.5 Å². The summed E-state index contributed by atoms with van der Waals surface area (Å²) in [4.78, 5) is 16.1. The molecule has 1 aromatic heterocycles. The molecule has 0 atom stereocenters. The summed E-state index contributed by atoms with van der Waals surface area (Å²) in [5.41, 5.74) is 3.88. The zero-order valence-electron chi connectivity index (χ0n) is 13.6. The van der Waals surface area contributed by atoms with Crippen LogP contribution < -0.4 is 10.1 Å². The monoisotopic (exact) mass is 324 g/mol. The number of benzene rings is 2. The van der Waals surface area contributed by atoms with Crippen LogP contribution in [0.5, 0.6) is 5.75 Å². The fourth-order valence-electron chi connectivity index (χ4n) is 2.54. The van der Waals surface area contributed by atoms with Gasteiger partial charge in [0.1, 0.15) is 11.3 Å². The molecule has 0 spiro atoms. The highest BCUT2D eigenvalue weighted by atomic mass is 16.5. The van der Waals surface area contributed by atoms with Crippen LogP contribution >= 0.6 is 0 Å². The van der Waals surface area contributed by atoms with Crippen LogP contribution in [0.4, 0.5) is 0 Å². The number of carbonyl (C=O) groups is 1. The lowest BCUT2D eigenvalue weighted by atomic mass is 10.1. The molecule has 1 heterocycles. The van der Waals surface area contributed by atoms with Gasteiger partial charge in [-0.1, -0.05) is 18.2 Å². The van der Waals surface area contributed by atoms with E-state index in [1.165, 1.54) is 6.39 Å². The number of fused-ring (bicyclic) bond motifs is 1. The van der Waals surface area contributed by atoms with E-state index < -0.39 is 0 Å². The number of nitrogens with one attached hydrogen (secondary N) is 1. The van der Waals surface area contributed by atoms with Gasteiger partial charge in [-0.25, -0.2) is 4.98 Å². The van der Waals surface area contributed by atoms with Crippen molar-refractivity contribution in [3.63, 3.8) is 0 Å². The molecule has 5 nitrogen and oxygen atoms in total. The smallest absolute Gasteiger partial charge is 0.220 e. The van der Waals surface area contributed by atoms with Gasteiger partial charge in [0.25, 0.3) is 0 Å². The highest BCUT2D eigenvalue weighted by molar-refractivity contribution is 5.76. The Kier molecular flexibility index (Phi) is 5.11. The molecule has 3 rings (SSSR count). The summed E-state index contributed by atoms with van der Waals surface area (Å²) in [5.74, 6) is 0.889. The minimum absolute atomic E-state index is 0.0633. The Hall–Kier alpha value is -2.82. The number of hydrogen-bond donors (Lipinski definition) is 1. The van der Waals surface area contributed by atoms with Crippen LogP contribution in [0.25, 0.3) is 11.1 Å². The molecule has 0 bridgehead atoms. The summed E-state index contributed by atoms with van der Waals surface area (Å²) in [5, 5.41) is 2.96. The zero-order chi connectivity index (χ0) is 16.8. The average Bonchev–Trinajstić information content (AvgIpc) is 3.08. The van der Waals surface area contributed by atoms with Crippen LogP contribution in [0.3, 0.4) is 0 Å². The Bertz CT molecular complexity index is 809. The van der Waals surface area contributed by atoms with Crippen molar-refractivity contribution in [2.24, 2.45) is 0 Å². The van der Waals surface area contributed by atoms with Gasteiger partial charge in [0, 0.05) is 13.0 Å². The molecule has 0 saturated carbocycles. The maximum atomic E-state index is 11.9. The predicted octanol–water partition coefficient (Wildman–Crippen LogP) is 3.13. The summed E-state index contributed by atoms with van der Waals surface area (Å²) >= 11 is 0. The molecule has 0 aliphatic heterocycles. The molecule has 1 N–H and O–H groups in total. The quantitative estimate of drug-likeness (QED) is 0.725. The lowest BCUT2D eigenvalue weighted by Crippen LogP contribution is -2.25. The largest absolute Gasteiger partial charge is 0.497 e. The average molecular weight is 324 g/mol. The van der Waals surface area contributed by atoms with Crippen LogP contribution in [0.1, 0.15) is 17.5 Å². The first-order valence-corrected chi connectivity index (χ1v) is 7.96. The number of methoxy groups -OCH3 is 1. The number of nitrogens with zero attached hydrogens (tertiary/aromatic N) is 1. The third-order valence-electron chi connectivity index (χ3n) is 3.93. The van der Waals surface area contributed by atoms with Crippen molar-refractivity contribution < 1.29 is 13.9 Å². The molecule has 24 heavy (non-hydrogen) atoms. The maximum Gasteiger partial charge on any atom is 0.220 e. The van der Waals surface area contributed by atoms with Gasteiger partial charge in [0.05, 0.1) is 7.11 Å². The lowest BCUT2D eigenvalue weighted by Gasteiger charge is -2.06. The molecule has 0 unspecified atom stereocenters. The van der Waals surface area contributed by atoms with Crippen molar-refractivity contribution in [1.82, 2.24) is 10.3 Å². The highest BCUT2D eigenvalue weighted by Gasteiger charge is 2.04. The van der Waals surface area contributed by atoms with Crippen LogP contribution in [0.2, 0.25) is 0 Å². The second-order valence-electron chi connectivity index (χ2n) is 5.60. The molecule has 124 valence electrons. The van der Waals surface area contributed by atoms with E-state index in [4.69, 9.17) is 9.15 Å². The van der Waals surface area contributed by atoms with E-state index in [1.54, 1.807) is 7.11 Å². The molecule has 3 aromatic rings. The number of ether oxygens (including phenoxy) is 1. The predicted molar refractivity (Wildman–Crippen MR) is 92.0 cm³/mol. The molecule has 0 fully saturated rings. The molecule has 0 aliphatic rings. The summed E-state index contributed by atoms with van der Waals surface area (Å²) in [6.45, 7) is 0.616. The topological polar surface area (TPSA) is 64.4 Å². The normalized spacial score (nSPS) is 10.7. The van der Waals surface area contributed by atoms with E-state index >= 15 is 0 Å². The number of carbonyl (C=O) groups excluding carboxylic acids is 1. The fraction of sp³-hybridized carbons (Fsp3) is 0.263. The summed E-state index contributed by atoms with van der Waals surface area (Å²) in [6, 6.07) is 13.7. The molecular weight excluding hydrogens is 304 g/mol. The number of rotatable bonds is 7. The van der Waals surface area contributed by atoms with Crippen molar-refractivity contribution in [3.8, 4) is 5.75 Å². The fourth-order valence-corrected chi connectivity index (χ4v) is 2.54. The summed E-state index contributed by atoms with van der Waals surface area (Å²) < 4.78 is 10.3. The minimum atomic E-state index is 0.0633. The number of aryl methyl sites for hydroxylation is 1. The van der Waals surface area contributed by atoms with Gasteiger partial charge >= 0.3 is 0 Å².